The smallest absolute Gasteiger partial charge is 0.410 e. The number of rotatable bonds is 5. The number of ether oxygens (including phenoxy) is 1. The quantitative estimate of drug-likeness (QED) is 0.753. The van der Waals surface area contributed by atoms with Gasteiger partial charge in [0.05, 0.1) is 0 Å². The molecule has 1 amide bonds. The molecule has 0 bridgehead atoms. The van der Waals surface area contributed by atoms with Crippen molar-refractivity contribution in [1.29, 1.82) is 0 Å². The molecule has 0 aliphatic heterocycles. The lowest BCUT2D eigenvalue weighted by molar-refractivity contribution is 0.000547. The average Bonchev–Trinajstić information content (AvgIpc) is 2.16. The van der Waals surface area contributed by atoms with Crippen LogP contribution in [-0.2, 0) is 4.74 Å². The third-order valence-corrected chi connectivity index (χ3v) is 2.97. The second kappa shape index (κ2) is 5.95. The van der Waals surface area contributed by atoms with Crippen molar-refractivity contribution in [2.45, 2.75) is 32.8 Å². The van der Waals surface area contributed by atoms with Crippen LogP contribution in [0.1, 0.15) is 26.7 Å². The van der Waals surface area contributed by atoms with Gasteiger partial charge in [-0.15, -0.1) is 0 Å². The molecule has 1 rings (SSSR count). The third kappa shape index (κ3) is 3.38. The molecule has 4 nitrogen and oxygen atoms in total. The van der Waals surface area contributed by atoms with Crippen molar-refractivity contribution in [2.75, 3.05) is 26.7 Å². The highest BCUT2D eigenvalue weighted by Gasteiger charge is 2.32. The molecule has 0 atom stereocenters. The first kappa shape index (κ1) is 12.3. The lowest BCUT2D eigenvalue weighted by atomic mass is 9.82. The summed E-state index contributed by atoms with van der Waals surface area (Å²) in [6, 6.07) is 0. The lowest BCUT2D eigenvalue weighted by Gasteiger charge is -2.35. The van der Waals surface area contributed by atoms with E-state index in [1.54, 1.807) is 4.90 Å². The molecule has 0 radical (unpaired) electrons. The molecule has 1 fully saturated rings. The molecular formula is C11H22N2O2. The summed E-state index contributed by atoms with van der Waals surface area (Å²) in [5.41, 5.74) is 0. The van der Waals surface area contributed by atoms with Gasteiger partial charge >= 0.3 is 6.09 Å². The van der Waals surface area contributed by atoms with Crippen LogP contribution in [0.2, 0.25) is 0 Å². The van der Waals surface area contributed by atoms with E-state index in [1.165, 1.54) is 0 Å². The third-order valence-electron chi connectivity index (χ3n) is 2.97. The molecule has 0 aromatic carbocycles. The highest BCUT2D eigenvalue weighted by atomic mass is 16.6. The molecule has 88 valence electrons. The highest BCUT2D eigenvalue weighted by molar-refractivity contribution is 5.67. The molecular weight excluding hydrogens is 192 g/mol. The normalized spacial score (nSPS) is 24.5. The number of carbonyl (C=O) groups excluding carboxylic acids is 1. The van der Waals surface area contributed by atoms with Crippen molar-refractivity contribution in [2.24, 2.45) is 5.92 Å². The van der Waals surface area contributed by atoms with E-state index in [0.29, 0.717) is 5.92 Å². The van der Waals surface area contributed by atoms with Crippen molar-refractivity contribution in [3.8, 4) is 0 Å². The highest BCUT2D eigenvalue weighted by Crippen LogP contribution is 2.29. The molecule has 1 N–H and O–H groups in total. The Labute approximate surface area is 92.0 Å². The van der Waals surface area contributed by atoms with Crippen molar-refractivity contribution < 1.29 is 9.53 Å². The van der Waals surface area contributed by atoms with Crippen LogP contribution in [0.5, 0.6) is 0 Å². The summed E-state index contributed by atoms with van der Waals surface area (Å²) in [6.07, 6.45) is 2.01. The summed E-state index contributed by atoms with van der Waals surface area (Å²) in [4.78, 5) is 13.3. The van der Waals surface area contributed by atoms with Gasteiger partial charge < -0.3 is 15.0 Å². The molecule has 4 heteroatoms. The molecule has 0 unspecified atom stereocenters. The van der Waals surface area contributed by atoms with E-state index >= 15 is 0 Å². The van der Waals surface area contributed by atoms with Crippen LogP contribution < -0.4 is 5.32 Å². The molecule has 0 saturated heterocycles. The summed E-state index contributed by atoms with van der Waals surface area (Å²) < 4.78 is 5.37. The maximum Gasteiger partial charge on any atom is 0.410 e. The number of hydrogen-bond donors (Lipinski definition) is 1. The van der Waals surface area contributed by atoms with E-state index in [1.807, 2.05) is 20.9 Å². The van der Waals surface area contributed by atoms with Crippen LogP contribution in [0.3, 0.4) is 0 Å². The van der Waals surface area contributed by atoms with E-state index in [4.69, 9.17) is 4.74 Å². The lowest BCUT2D eigenvalue weighted by Crippen LogP contribution is -2.41. The minimum absolute atomic E-state index is 0.149. The topological polar surface area (TPSA) is 41.6 Å². The van der Waals surface area contributed by atoms with E-state index in [2.05, 4.69) is 5.32 Å². The first-order valence-corrected chi connectivity index (χ1v) is 5.81. The van der Waals surface area contributed by atoms with Gasteiger partial charge in [-0.1, -0.05) is 0 Å². The van der Waals surface area contributed by atoms with Crippen molar-refractivity contribution in [3.05, 3.63) is 0 Å². The predicted octanol–water partition coefficient (Wildman–Crippen LogP) is 1.46. The zero-order valence-corrected chi connectivity index (χ0v) is 9.95. The van der Waals surface area contributed by atoms with Gasteiger partial charge in [0.25, 0.3) is 0 Å². The Bertz CT molecular complexity index is 199. The van der Waals surface area contributed by atoms with Crippen LogP contribution in [0.15, 0.2) is 0 Å². The standard InChI is InChI=1S/C11H22N2O2/c1-4-13(5-2)11(14)15-10-6-9(7-10)8-12-3/h9-10,12H,4-8H2,1-3H3. The predicted molar refractivity (Wildman–Crippen MR) is 59.8 cm³/mol. The number of hydrogen-bond acceptors (Lipinski definition) is 3. The van der Waals surface area contributed by atoms with Gasteiger partial charge in [-0.25, -0.2) is 4.79 Å². The van der Waals surface area contributed by atoms with Crippen molar-refractivity contribution in [3.63, 3.8) is 0 Å². The number of carbonyl (C=O) groups is 1. The molecule has 0 aromatic heterocycles. The molecule has 1 aliphatic carbocycles. The van der Waals surface area contributed by atoms with Crippen LogP contribution in [-0.4, -0.2) is 43.8 Å². The first-order chi connectivity index (χ1) is 7.21. The summed E-state index contributed by atoms with van der Waals surface area (Å²) >= 11 is 0. The summed E-state index contributed by atoms with van der Waals surface area (Å²) in [5.74, 6) is 0.685. The van der Waals surface area contributed by atoms with Gasteiger partial charge in [0.15, 0.2) is 0 Å². The molecule has 1 saturated carbocycles. The zero-order chi connectivity index (χ0) is 11.3. The Kier molecular flexibility index (Phi) is 4.88. The van der Waals surface area contributed by atoms with Crippen molar-refractivity contribution in [1.82, 2.24) is 10.2 Å². The minimum atomic E-state index is -0.159. The fourth-order valence-corrected chi connectivity index (χ4v) is 1.93. The molecule has 0 aromatic rings. The largest absolute Gasteiger partial charge is 0.446 e. The first-order valence-electron chi connectivity index (χ1n) is 5.81. The van der Waals surface area contributed by atoms with Gasteiger partial charge in [-0.05, 0) is 46.2 Å². The van der Waals surface area contributed by atoms with Gasteiger partial charge in [0.1, 0.15) is 6.10 Å². The second-order valence-corrected chi connectivity index (χ2v) is 4.07. The van der Waals surface area contributed by atoms with E-state index in [9.17, 15) is 4.79 Å². The van der Waals surface area contributed by atoms with E-state index < -0.39 is 0 Å². The zero-order valence-electron chi connectivity index (χ0n) is 9.95. The van der Waals surface area contributed by atoms with Gasteiger partial charge in [-0.3, -0.25) is 0 Å². The summed E-state index contributed by atoms with van der Waals surface area (Å²) in [6.45, 7) is 6.41. The molecule has 0 heterocycles. The number of nitrogens with one attached hydrogen (secondary N) is 1. The summed E-state index contributed by atoms with van der Waals surface area (Å²) in [5, 5.41) is 3.14. The van der Waals surface area contributed by atoms with E-state index in [0.717, 1.165) is 32.5 Å². The Hall–Kier alpha value is -0.770. The van der Waals surface area contributed by atoms with Crippen molar-refractivity contribution >= 4 is 6.09 Å². The Balaban J connectivity index is 2.18. The monoisotopic (exact) mass is 214 g/mol. The number of amides is 1. The molecule has 1 aliphatic rings. The van der Waals surface area contributed by atoms with Crippen LogP contribution in [0.4, 0.5) is 4.79 Å². The minimum Gasteiger partial charge on any atom is -0.446 e. The van der Waals surface area contributed by atoms with Crippen LogP contribution >= 0.6 is 0 Å². The second-order valence-electron chi connectivity index (χ2n) is 4.07. The van der Waals surface area contributed by atoms with Gasteiger partial charge in [0.2, 0.25) is 0 Å². The average molecular weight is 214 g/mol. The fraction of sp³-hybridized carbons (Fsp3) is 0.909. The molecule has 0 spiro atoms. The van der Waals surface area contributed by atoms with E-state index in [-0.39, 0.29) is 12.2 Å². The van der Waals surface area contributed by atoms with Gasteiger partial charge in [-0.2, -0.15) is 0 Å². The summed E-state index contributed by atoms with van der Waals surface area (Å²) in [7, 11) is 1.95. The SMILES string of the molecule is CCN(CC)C(=O)OC1CC(CNC)C1. The Morgan fingerprint density at radius 3 is 2.47 bits per heavy atom. The Morgan fingerprint density at radius 1 is 1.40 bits per heavy atom. The van der Waals surface area contributed by atoms with Gasteiger partial charge in [0, 0.05) is 13.1 Å². The van der Waals surface area contributed by atoms with Crippen LogP contribution in [0, 0.1) is 5.92 Å². The number of nitrogens with zero attached hydrogens (tertiary/aromatic N) is 1. The maximum absolute atomic E-state index is 11.6. The van der Waals surface area contributed by atoms with Crippen LogP contribution in [0.25, 0.3) is 0 Å². The Morgan fingerprint density at radius 2 is 2.00 bits per heavy atom. The maximum atomic E-state index is 11.6. The fourth-order valence-electron chi connectivity index (χ4n) is 1.93. The molecule has 15 heavy (non-hydrogen) atoms.